The second-order valence-corrected chi connectivity index (χ2v) is 9.76. The van der Waals surface area contributed by atoms with E-state index in [2.05, 4.69) is 37.6 Å². The first-order valence-corrected chi connectivity index (χ1v) is 12.2. The molecule has 8 heteroatoms. The van der Waals surface area contributed by atoms with Crippen LogP contribution in [0.5, 0.6) is 0 Å². The van der Waals surface area contributed by atoms with Gasteiger partial charge in [0, 0.05) is 62.2 Å². The minimum Gasteiger partial charge on any atom is -0.397 e. The summed E-state index contributed by atoms with van der Waals surface area (Å²) in [6.07, 6.45) is 5.30. The van der Waals surface area contributed by atoms with Crippen molar-refractivity contribution in [2.24, 2.45) is 7.05 Å². The smallest absolute Gasteiger partial charge is 0.253 e. The van der Waals surface area contributed by atoms with Crippen molar-refractivity contribution in [1.29, 1.82) is 0 Å². The molecule has 0 aliphatic carbocycles. The lowest BCUT2D eigenvalue weighted by molar-refractivity contribution is 0.0827. The van der Waals surface area contributed by atoms with E-state index < -0.39 is 5.82 Å². The molecule has 1 saturated heterocycles. The Kier molecular flexibility index (Phi) is 6.45. The largest absolute Gasteiger partial charge is 0.397 e. The van der Waals surface area contributed by atoms with Gasteiger partial charge in [0.15, 0.2) is 5.82 Å². The van der Waals surface area contributed by atoms with Crippen LogP contribution in [0.2, 0.25) is 0 Å². The molecule has 4 aromatic rings. The molecule has 4 heterocycles. The molecule has 0 unspecified atom stereocenters. The lowest BCUT2D eigenvalue weighted by Crippen LogP contribution is -2.33. The van der Waals surface area contributed by atoms with E-state index in [9.17, 15) is 9.18 Å². The van der Waals surface area contributed by atoms with E-state index in [1.807, 2.05) is 19.2 Å². The molecule has 1 aliphatic rings. The minimum absolute atomic E-state index is 0.0267. The lowest BCUT2D eigenvalue weighted by atomic mass is 9.89. The monoisotopic (exact) mass is 486 g/mol. The topological polar surface area (TPSA) is 80.3 Å². The van der Waals surface area contributed by atoms with Crippen LogP contribution in [0.3, 0.4) is 0 Å². The lowest BCUT2D eigenvalue weighted by Gasteiger charge is -2.32. The first-order chi connectivity index (χ1) is 17.3. The Morgan fingerprint density at radius 1 is 1.11 bits per heavy atom. The average molecular weight is 487 g/mol. The molecule has 1 aromatic carbocycles. The number of halogens is 1. The van der Waals surface area contributed by atoms with Crippen molar-refractivity contribution in [1.82, 2.24) is 24.3 Å². The van der Waals surface area contributed by atoms with Gasteiger partial charge < -0.3 is 15.2 Å². The number of anilines is 1. The molecule has 1 amide bonds. The maximum Gasteiger partial charge on any atom is 0.253 e. The van der Waals surface area contributed by atoms with Crippen molar-refractivity contribution in [3.63, 3.8) is 0 Å². The average Bonchev–Trinajstić information content (AvgIpc) is 3.19. The van der Waals surface area contributed by atoms with Crippen molar-refractivity contribution < 1.29 is 9.18 Å². The highest BCUT2D eigenvalue weighted by Gasteiger charge is 2.23. The van der Waals surface area contributed by atoms with Crippen molar-refractivity contribution in [3.05, 3.63) is 77.5 Å². The van der Waals surface area contributed by atoms with Crippen molar-refractivity contribution in [2.45, 2.75) is 25.3 Å². The van der Waals surface area contributed by atoms with E-state index in [1.165, 1.54) is 17.8 Å². The van der Waals surface area contributed by atoms with E-state index in [-0.39, 0.29) is 11.6 Å². The number of aromatic nitrogens is 3. The number of nitrogens with two attached hydrogens (primary N) is 1. The summed E-state index contributed by atoms with van der Waals surface area (Å²) in [6, 6.07) is 13.3. The van der Waals surface area contributed by atoms with Crippen LogP contribution in [-0.4, -0.2) is 57.4 Å². The molecule has 0 saturated carbocycles. The first-order valence-electron chi connectivity index (χ1n) is 12.2. The zero-order chi connectivity index (χ0) is 25.4. The number of nitrogen functional groups attached to an aromatic ring is 1. The summed E-state index contributed by atoms with van der Waals surface area (Å²) in [5.41, 5.74) is 10.9. The predicted octanol–water partition coefficient (Wildman–Crippen LogP) is 4.44. The summed E-state index contributed by atoms with van der Waals surface area (Å²) in [5.74, 6) is 0.0815. The summed E-state index contributed by atoms with van der Waals surface area (Å²) in [7, 11) is 5.54. The second kappa shape index (κ2) is 9.70. The predicted molar refractivity (Wildman–Crippen MR) is 140 cm³/mol. The number of likely N-dealkylation sites (tertiary alicyclic amines) is 1. The van der Waals surface area contributed by atoms with Crippen molar-refractivity contribution in [2.75, 3.05) is 32.9 Å². The first kappa shape index (κ1) is 23.9. The van der Waals surface area contributed by atoms with Gasteiger partial charge in [0.2, 0.25) is 0 Å². The van der Waals surface area contributed by atoms with Gasteiger partial charge in [0.25, 0.3) is 5.91 Å². The SMILES string of the molecule is CN(C)C(=O)c1ccc(C2CCN(Cc3cc4c(-c5ncc(N)cc5F)ccnc4n3C)CC2)cc1. The molecule has 186 valence electrons. The van der Waals surface area contributed by atoms with Gasteiger partial charge >= 0.3 is 0 Å². The van der Waals surface area contributed by atoms with E-state index in [0.717, 1.165) is 54.8 Å². The van der Waals surface area contributed by atoms with Crippen LogP contribution in [0.25, 0.3) is 22.3 Å². The van der Waals surface area contributed by atoms with Gasteiger partial charge in [-0.15, -0.1) is 0 Å². The van der Waals surface area contributed by atoms with E-state index in [0.29, 0.717) is 17.2 Å². The summed E-state index contributed by atoms with van der Waals surface area (Å²) >= 11 is 0. The number of amides is 1. The third-order valence-electron chi connectivity index (χ3n) is 7.15. The van der Waals surface area contributed by atoms with Gasteiger partial charge in [0.05, 0.1) is 11.9 Å². The molecule has 1 fully saturated rings. The van der Waals surface area contributed by atoms with E-state index >= 15 is 0 Å². The molecule has 0 radical (unpaired) electrons. The molecule has 0 bridgehead atoms. The Balaban J connectivity index is 1.30. The highest BCUT2D eigenvalue weighted by Crippen LogP contribution is 2.32. The number of hydrogen-bond donors (Lipinski definition) is 1. The second-order valence-electron chi connectivity index (χ2n) is 9.76. The van der Waals surface area contributed by atoms with Gasteiger partial charge in [0.1, 0.15) is 11.3 Å². The quantitative estimate of drug-likeness (QED) is 0.451. The molecule has 7 nitrogen and oxygen atoms in total. The summed E-state index contributed by atoms with van der Waals surface area (Å²) < 4.78 is 16.7. The standard InChI is InChI=1S/C28H31FN6O/c1-33(2)28(36)20-6-4-18(5-7-20)19-9-12-35(13-10-19)17-22-15-24-23(8-11-31-27(24)34(22)3)26-25(29)14-21(30)16-32-26/h4-8,11,14-16,19H,9-10,12-13,17,30H2,1-3H3. The number of carbonyl (C=O) groups is 1. The van der Waals surface area contributed by atoms with E-state index in [1.54, 1.807) is 31.3 Å². The minimum atomic E-state index is -0.436. The van der Waals surface area contributed by atoms with Crippen LogP contribution < -0.4 is 5.73 Å². The van der Waals surface area contributed by atoms with Crippen LogP contribution in [0.15, 0.2) is 54.9 Å². The van der Waals surface area contributed by atoms with Crippen LogP contribution in [0.1, 0.15) is 40.4 Å². The zero-order valence-corrected chi connectivity index (χ0v) is 20.9. The molecular weight excluding hydrogens is 455 g/mol. The Morgan fingerprint density at radius 3 is 2.50 bits per heavy atom. The number of aryl methyl sites for hydroxylation is 1. The molecule has 1 aliphatic heterocycles. The number of carbonyl (C=O) groups excluding carboxylic acids is 1. The van der Waals surface area contributed by atoms with Crippen molar-refractivity contribution in [3.8, 4) is 11.3 Å². The van der Waals surface area contributed by atoms with E-state index in [4.69, 9.17) is 5.73 Å². The number of hydrogen-bond acceptors (Lipinski definition) is 5. The Bertz CT molecular complexity index is 1400. The third-order valence-corrected chi connectivity index (χ3v) is 7.15. The number of benzene rings is 1. The molecular formula is C28H31FN6O. The van der Waals surface area contributed by atoms with Crippen LogP contribution in [-0.2, 0) is 13.6 Å². The molecule has 36 heavy (non-hydrogen) atoms. The highest BCUT2D eigenvalue weighted by molar-refractivity contribution is 5.94. The van der Waals surface area contributed by atoms with Crippen LogP contribution >= 0.6 is 0 Å². The fourth-order valence-electron chi connectivity index (χ4n) is 5.09. The Hall–Kier alpha value is -3.78. The fraction of sp³-hybridized carbons (Fsp3) is 0.321. The Morgan fingerprint density at radius 2 is 1.83 bits per heavy atom. The molecule has 2 N–H and O–H groups in total. The van der Waals surface area contributed by atoms with Gasteiger partial charge in [-0.3, -0.25) is 14.7 Å². The number of pyridine rings is 2. The van der Waals surface area contributed by atoms with Crippen molar-refractivity contribution >= 4 is 22.6 Å². The molecule has 0 atom stereocenters. The molecule has 3 aromatic heterocycles. The third kappa shape index (κ3) is 4.56. The van der Waals surface area contributed by atoms with Gasteiger partial charge in [-0.25, -0.2) is 9.37 Å². The molecule has 0 spiro atoms. The van der Waals surface area contributed by atoms with Gasteiger partial charge in [-0.1, -0.05) is 12.1 Å². The summed E-state index contributed by atoms with van der Waals surface area (Å²) in [4.78, 5) is 25.0. The maximum absolute atomic E-state index is 14.6. The van der Waals surface area contributed by atoms with Gasteiger partial charge in [-0.2, -0.15) is 0 Å². The van der Waals surface area contributed by atoms with Gasteiger partial charge in [-0.05, 0) is 61.7 Å². The normalized spacial score (nSPS) is 14.9. The molecule has 5 rings (SSSR count). The summed E-state index contributed by atoms with van der Waals surface area (Å²) in [5, 5.41) is 0.883. The maximum atomic E-state index is 14.6. The number of rotatable bonds is 5. The number of nitrogens with zero attached hydrogens (tertiary/aromatic N) is 5. The number of piperidine rings is 1. The zero-order valence-electron chi connectivity index (χ0n) is 20.9. The summed E-state index contributed by atoms with van der Waals surface area (Å²) in [6.45, 7) is 2.77. The highest BCUT2D eigenvalue weighted by atomic mass is 19.1. The fourth-order valence-corrected chi connectivity index (χ4v) is 5.09. The number of fused-ring (bicyclic) bond motifs is 1. The van der Waals surface area contributed by atoms with Crippen LogP contribution in [0.4, 0.5) is 10.1 Å². The van der Waals surface area contributed by atoms with Crippen LogP contribution in [0, 0.1) is 5.82 Å². The Labute approximate surface area is 210 Å².